The number of H-pyrrole nitrogens is 1. The van der Waals surface area contributed by atoms with E-state index in [0.29, 0.717) is 15.4 Å². The second-order valence-corrected chi connectivity index (χ2v) is 7.98. The molecule has 0 amide bonds. The minimum absolute atomic E-state index is 0.0387. The number of halogens is 1. The number of rotatable bonds is 3. The van der Waals surface area contributed by atoms with E-state index in [-0.39, 0.29) is 17.6 Å². The number of aromatic amines is 1. The summed E-state index contributed by atoms with van der Waals surface area (Å²) in [5, 5.41) is 2.18. The van der Waals surface area contributed by atoms with Crippen molar-refractivity contribution in [3.05, 3.63) is 44.4 Å². The average molecular weight is 407 g/mol. The molecule has 0 radical (unpaired) electrons. The highest BCUT2D eigenvalue weighted by Crippen LogP contribution is 2.30. The number of ether oxygens (including phenoxy) is 1. The summed E-state index contributed by atoms with van der Waals surface area (Å²) in [6.07, 6.45) is 5.04. The Labute approximate surface area is 164 Å². The molecule has 1 aliphatic rings. The number of esters is 1. The van der Waals surface area contributed by atoms with Crippen LogP contribution >= 0.6 is 22.9 Å². The van der Waals surface area contributed by atoms with Gasteiger partial charge in [-0.2, -0.15) is 0 Å². The van der Waals surface area contributed by atoms with Crippen LogP contribution in [0.3, 0.4) is 0 Å². The average Bonchev–Trinajstić information content (AvgIpc) is 3.28. The van der Waals surface area contributed by atoms with Gasteiger partial charge >= 0.3 is 5.97 Å². The number of aryl methyl sites for hydroxylation is 1. The van der Waals surface area contributed by atoms with E-state index in [1.54, 1.807) is 10.8 Å². The van der Waals surface area contributed by atoms with Crippen LogP contribution in [0.4, 0.5) is 5.13 Å². The number of anilines is 1. The summed E-state index contributed by atoms with van der Waals surface area (Å²) in [6, 6.07) is 2.03. The Kier molecular flexibility index (Phi) is 4.69. The molecule has 0 saturated carbocycles. The predicted octanol–water partition coefficient (Wildman–Crippen LogP) is 3.38. The summed E-state index contributed by atoms with van der Waals surface area (Å²) in [6.45, 7) is 3.41. The Bertz CT molecular complexity index is 1060. The number of carbonyl (C=O) groups excluding carboxylic acids is 1. The van der Waals surface area contributed by atoms with Crippen molar-refractivity contribution in [3.8, 4) is 0 Å². The fourth-order valence-corrected chi connectivity index (χ4v) is 4.62. The van der Waals surface area contributed by atoms with Gasteiger partial charge in [-0.3, -0.25) is 4.79 Å². The topological polar surface area (TPSA) is 80.2 Å². The summed E-state index contributed by atoms with van der Waals surface area (Å²) in [5.41, 5.74) is 1.33. The Hall–Kier alpha value is -2.32. The Morgan fingerprint density at radius 3 is 2.85 bits per heavy atom. The number of hydrogen-bond acceptors (Lipinski definition) is 6. The lowest BCUT2D eigenvalue weighted by Gasteiger charge is -2.32. The minimum atomic E-state index is -0.367. The van der Waals surface area contributed by atoms with E-state index in [4.69, 9.17) is 16.3 Å². The normalized spacial score (nSPS) is 15.4. The van der Waals surface area contributed by atoms with Crippen molar-refractivity contribution in [2.24, 2.45) is 0 Å². The third-order valence-corrected chi connectivity index (χ3v) is 6.53. The highest BCUT2D eigenvalue weighted by molar-refractivity contribution is 7.17. The van der Waals surface area contributed by atoms with Crippen LogP contribution in [-0.4, -0.2) is 40.7 Å². The molecule has 0 aromatic carbocycles. The number of carbonyl (C=O) groups is 1. The molecule has 0 bridgehead atoms. The first kappa shape index (κ1) is 18.1. The van der Waals surface area contributed by atoms with Crippen LogP contribution in [0, 0.1) is 6.92 Å². The van der Waals surface area contributed by atoms with Gasteiger partial charge in [0.25, 0.3) is 5.56 Å². The van der Waals surface area contributed by atoms with Crippen molar-refractivity contribution in [2.45, 2.75) is 25.8 Å². The van der Waals surface area contributed by atoms with Gasteiger partial charge in [0.2, 0.25) is 0 Å². The van der Waals surface area contributed by atoms with Crippen molar-refractivity contribution in [3.63, 3.8) is 0 Å². The largest absolute Gasteiger partial charge is 0.465 e. The van der Waals surface area contributed by atoms with Crippen molar-refractivity contribution in [2.75, 3.05) is 25.1 Å². The highest BCUT2D eigenvalue weighted by atomic mass is 35.5. The summed E-state index contributed by atoms with van der Waals surface area (Å²) >= 11 is 7.58. The molecular formula is C18H19ClN4O3S. The van der Waals surface area contributed by atoms with Gasteiger partial charge in [0.05, 0.1) is 18.3 Å². The fourth-order valence-electron chi connectivity index (χ4n) is 3.53. The van der Waals surface area contributed by atoms with Crippen LogP contribution in [-0.2, 0) is 4.74 Å². The molecular weight excluding hydrogens is 388 g/mol. The summed E-state index contributed by atoms with van der Waals surface area (Å²) in [7, 11) is 1.36. The molecule has 1 N–H and O–H groups in total. The molecule has 0 atom stereocenters. The Morgan fingerprint density at radius 1 is 1.41 bits per heavy atom. The molecule has 0 aliphatic carbocycles. The molecule has 3 aromatic heterocycles. The SMILES string of the molecule is COC(=O)c1cnc(N2CCC(n3ccc4c(Cl)c(C)[nH]c4c3=O)CC2)s1. The molecule has 27 heavy (non-hydrogen) atoms. The number of nitrogens with one attached hydrogen (secondary N) is 1. The summed E-state index contributed by atoms with van der Waals surface area (Å²) < 4.78 is 6.53. The van der Waals surface area contributed by atoms with E-state index < -0.39 is 0 Å². The molecule has 1 aliphatic heterocycles. The zero-order valence-electron chi connectivity index (χ0n) is 15.0. The van der Waals surface area contributed by atoms with E-state index in [1.807, 2.05) is 19.2 Å². The fraction of sp³-hybridized carbons (Fsp3) is 0.389. The maximum Gasteiger partial charge on any atom is 0.349 e. The zero-order chi connectivity index (χ0) is 19.1. The van der Waals surface area contributed by atoms with E-state index >= 15 is 0 Å². The first-order valence-electron chi connectivity index (χ1n) is 8.67. The van der Waals surface area contributed by atoms with E-state index in [2.05, 4.69) is 14.9 Å². The number of nitrogens with zero attached hydrogens (tertiary/aromatic N) is 3. The number of pyridine rings is 1. The first-order chi connectivity index (χ1) is 13.0. The molecule has 9 heteroatoms. The second kappa shape index (κ2) is 7.01. The number of piperidine rings is 1. The van der Waals surface area contributed by atoms with Gasteiger partial charge in [0.15, 0.2) is 5.13 Å². The third kappa shape index (κ3) is 3.12. The number of thiazole rings is 1. The van der Waals surface area contributed by atoms with Crippen LogP contribution in [0.1, 0.15) is 34.2 Å². The zero-order valence-corrected chi connectivity index (χ0v) is 16.6. The van der Waals surface area contributed by atoms with E-state index in [0.717, 1.165) is 42.1 Å². The van der Waals surface area contributed by atoms with Crippen molar-refractivity contribution in [1.29, 1.82) is 0 Å². The minimum Gasteiger partial charge on any atom is -0.465 e. The lowest BCUT2D eigenvalue weighted by atomic mass is 10.0. The molecule has 3 aromatic rings. The Balaban J connectivity index is 1.52. The van der Waals surface area contributed by atoms with Crippen LogP contribution in [0.25, 0.3) is 10.9 Å². The van der Waals surface area contributed by atoms with Gasteiger partial charge in [0.1, 0.15) is 10.4 Å². The Morgan fingerprint density at radius 2 is 2.15 bits per heavy atom. The van der Waals surface area contributed by atoms with Gasteiger partial charge in [0, 0.05) is 36.4 Å². The van der Waals surface area contributed by atoms with Crippen molar-refractivity contribution >= 4 is 44.9 Å². The number of fused-ring (bicyclic) bond motifs is 1. The van der Waals surface area contributed by atoms with Gasteiger partial charge in [-0.25, -0.2) is 9.78 Å². The lowest BCUT2D eigenvalue weighted by molar-refractivity contribution is 0.0606. The molecule has 7 nitrogen and oxygen atoms in total. The van der Waals surface area contributed by atoms with Crippen LogP contribution in [0.2, 0.25) is 5.02 Å². The quantitative estimate of drug-likeness (QED) is 0.674. The molecule has 1 fully saturated rings. The van der Waals surface area contributed by atoms with E-state index in [9.17, 15) is 9.59 Å². The molecule has 142 valence electrons. The molecule has 1 saturated heterocycles. The predicted molar refractivity (Wildman–Crippen MR) is 106 cm³/mol. The molecule has 4 rings (SSSR count). The first-order valence-corrected chi connectivity index (χ1v) is 9.87. The maximum absolute atomic E-state index is 12.9. The van der Waals surface area contributed by atoms with Crippen LogP contribution in [0.15, 0.2) is 23.3 Å². The van der Waals surface area contributed by atoms with Crippen molar-refractivity contribution < 1.29 is 9.53 Å². The van der Waals surface area contributed by atoms with Gasteiger partial charge in [-0.1, -0.05) is 22.9 Å². The monoisotopic (exact) mass is 406 g/mol. The van der Waals surface area contributed by atoms with Crippen molar-refractivity contribution in [1.82, 2.24) is 14.5 Å². The number of hydrogen-bond donors (Lipinski definition) is 1. The van der Waals surface area contributed by atoms with Gasteiger partial charge in [-0.05, 0) is 25.8 Å². The standard InChI is InChI=1S/C18H19ClN4O3S/c1-10-14(19)12-5-8-23(16(24)15(12)21-10)11-3-6-22(7-4-11)18-20-9-13(27-18)17(25)26-2/h5,8-9,11,21H,3-4,6-7H2,1-2H3. The molecule has 4 heterocycles. The highest BCUT2D eigenvalue weighted by Gasteiger charge is 2.25. The second-order valence-electron chi connectivity index (χ2n) is 6.60. The molecule has 0 unspecified atom stereocenters. The summed E-state index contributed by atoms with van der Waals surface area (Å²) in [4.78, 5) is 34.5. The van der Waals surface area contributed by atoms with E-state index in [1.165, 1.54) is 18.4 Å². The number of methoxy groups -OCH3 is 1. The summed E-state index contributed by atoms with van der Waals surface area (Å²) in [5.74, 6) is -0.367. The van der Waals surface area contributed by atoms with Crippen LogP contribution < -0.4 is 10.5 Å². The third-order valence-electron chi connectivity index (χ3n) is 5.01. The van der Waals surface area contributed by atoms with Crippen LogP contribution in [0.5, 0.6) is 0 Å². The smallest absolute Gasteiger partial charge is 0.349 e. The van der Waals surface area contributed by atoms with Gasteiger partial charge in [-0.15, -0.1) is 0 Å². The number of aromatic nitrogens is 3. The molecule has 0 spiro atoms. The van der Waals surface area contributed by atoms with Gasteiger partial charge < -0.3 is 19.2 Å². The maximum atomic E-state index is 12.9. The lowest BCUT2D eigenvalue weighted by Crippen LogP contribution is -2.37.